The van der Waals surface area contributed by atoms with Gasteiger partial charge in [0.25, 0.3) is 11.1 Å². The molecule has 0 radical (unpaired) electrons. The molecule has 7 nitrogen and oxygen atoms in total. The molecular formula is C20H25ClN2O5S. The van der Waals surface area contributed by atoms with Crippen molar-refractivity contribution in [3.8, 4) is 11.5 Å². The number of phenols is 1. The minimum atomic E-state index is -0.539. The van der Waals surface area contributed by atoms with Gasteiger partial charge in [-0.3, -0.25) is 19.3 Å². The van der Waals surface area contributed by atoms with Gasteiger partial charge in [0.15, 0.2) is 11.5 Å². The van der Waals surface area contributed by atoms with Crippen LogP contribution in [0, 0.1) is 0 Å². The molecule has 0 aromatic heterocycles. The van der Waals surface area contributed by atoms with Gasteiger partial charge in [0.05, 0.1) is 16.5 Å². The Morgan fingerprint density at radius 3 is 2.45 bits per heavy atom. The number of thioether (sulfide) groups is 1. The fourth-order valence-electron chi connectivity index (χ4n) is 3.12. The molecule has 1 aliphatic heterocycles. The maximum Gasteiger partial charge on any atom is 0.294 e. The van der Waals surface area contributed by atoms with E-state index in [9.17, 15) is 19.5 Å². The lowest BCUT2D eigenvalue weighted by Gasteiger charge is -2.31. The van der Waals surface area contributed by atoms with Crippen LogP contribution >= 0.6 is 23.4 Å². The summed E-state index contributed by atoms with van der Waals surface area (Å²) in [6.45, 7) is 9.32. The van der Waals surface area contributed by atoms with E-state index in [0.29, 0.717) is 12.2 Å². The van der Waals surface area contributed by atoms with E-state index in [1.807, 2.05) is 27.7 Å². The number of carbonyl (C=O) groups excluding carboxylic acids is 3. The molecule has 0 spiro atoms. The van der Waals surface area contributed by atoms with Crippen LogP contribution in [-0.4, -0.2) is 57.2 Å². The van der Waals surface area contributed by atoms with Crippen LogP contribution in [0.25, 0.3) is 6.08 Å². The van der Waals surface area contributed by atoms with E-state index in [1.54, 1.807) is 11.8 Å². The summed E-state index contributed by atoms with van der Waals surface area (Å²) in [7, 11) is 0. The van der Waals surface area contributed by atoms with Gasteiger partial charge in [-0.1, -0.05) is 11.6 Å². The summed E-state index contributed by atoms with van der Waals surface area (Å²) in [5, 5.41) is 9.50. The standard InChI is InChI=1S/C20H25ClN2O5S/c1-6-28-15-8-13(7-14(21)18(15)25)9-16-19(26)22(20(27)29-16)10-17(24)23(11(2)3)12(4)5/h7-9,11-12,25H,6,10H2,1-5H3/b16-9-. The highest BCUT2D eigenvalue weighted by molar-refractivity contribution is 8.18. The predicted molar refractivity (Wildman–Crippen MR) is 114 cm³/mol. The minimum absolute atomic E-state index is 0.0471. The smallest absolute Gasteiger partial charge is 0.294 e. The zero-order chi connectivity index (χ0) is 21.9. The van der Waals surface area contributed by atoms with Crippen molar-refractivity contribution in [2.45, 2.75) is 46.7 Å². The molecule has 1 fully saturated rings. The minimum Gasteiger partial charge on any atom is -0.503 e. The van der Waals surface area contributed by atoms with E-state index >= 15 is 0 Å². The maximum absolute atomic E-state index is 12.7. The second-order valence-corrected chi connectivity index (χ2v) is 8.44. The van der Waals surface area contributed by atoms with E-state index in [0.717, 1.165) is 16.7 Å². The van der Waals surface area contributed by atoms with Gasteiger partial charge in [-0.15, -0.1) is 0 Å². The summed E-state index contributed by atoms with van der Waals surface area (Å²) in [6, 6.07) is 2.91. The maximum atomic E-state index is 12.7. The Morgan fingerprint density at radius 2 is 1.90 bits per heavy atom. The third-order valence-electron chi connectivity index (χ3n) is 4.22. The van der Waals surface area contributed by atoms with Gasteiger partial charge >= 0.3 is 0 Å². The molecule has 158 valence electrons. The number of hydrogen-bond donors (Lipinski definition) is 1. The number of rotatable bonds is 7. The second-order valence-electron chi connectivity index (χ2n) is 7.04. The average molecular weight is 441 g/mol. The van der Waals surface area contributed by atoms with Crippen LogP contribution in [-0.2, 0) is 9.59 Å². The van der Waals surface area contributed by atoms with Crippen LogP contribution in [0.1, 0.15) is 40.2 Å². The Morgan fingerprint density at radius 1 is 1.28 bits per heavy atom. The number of imide groups is 1. The van der Waals surface area contributed by atoms with Gasteiger partial charge in [0, 0.05) is 12.1 Å². The topological polar surface area (TPSA) is 87.2 Å². The van der Waals surface area contributed by atoms with Crippen molar-refractivity contribution in [2.24, 2.45) is 0 Å². The first kappa shape index (κ1) is 23.1. The Balaban J connectivity index is 2.25. The molecule has 3 amide bonds. The molecular weight excluding hydrogens is 416 g/mol. The van der Waals surface area contributed by atoms with Crippen molar-refractivity contribution in [3.63, 3.8) is 0 Å². The molecule has 2 rings (SSSR count). The highest BCUT2D eigenvalue weighted by Crippen LogP contribution is 2.38. The summed E-state index contributed by atoms with van der Waals surface area (Å²) in [6.07, 6.45) is 1.49. The van der Waals surface area contributed by atoms with Crippen LogP contribution in [0.4, 0.5) is 4.79 Å². The van der Waals surface area contributed by atoms with E-state index in [-0.39, 0.29) is 46.0 Å². The molecule has 0 saturated carbocycles. The largest absolute Gasteiger partial charge is 0.503 e. The monoisotopic (exact) mass is 440 g/mol. The van der Waals surface area contributed by atoms with E-state index < -0.39 is 11.1 Å². The fourth-order valence-corrected chi connectivity index (χ4v) is 4.18. The second kappa shape index (κ2) is 9.54. The zero-order valence-corrected chi connectivity index (χ0v) is 18.6. The number of nitrogens with zero attached hydrogens (tertiary/aromatic N) is 2. The van der Waals surface area contributed by atoms with Crippen molar-refractivity contribution < 1.29 is 24.2 Å². The quantitative estimate of drug-likeness (QED) is 0.641. The fraction of sp³-hybridized carbons (Fsp3) is 0.450. The van der Waals surface area contributed by atoms with Crippen molar-refractivity contribution in [1.82, 2.24) is 9.80 Å². The summed E-state index contributed by atoms with van der Waals surface area (Å²) in [5.41, 5.74) is 0.499. The van der Waals surface area contributed by atoms with E-state index in [2.05, 4.69) is 0 Å². The molecule has 1 saturated heterocycles. The van der Waals surface area contributed by atoms with Crippen LogP contribution in [0.3, 0.4) is 0 Å². The first-order chi connectivity index (χ1) is 13.6. The number of hydrogen-bond acceptors (Lipinski definition) is 6. The van der Waals surface area contributed by atoms with Gasteiger partial charge in [-0.25, -0.2) is 0 Å². The number of ether oxygens (including phenoxy) is 1. The normalized spacial score (nSPS) is 15.7. The lowest BCUT2D eigenvalue weighted by atomic mass is 10.1. The number of aromatic hydroxyl groups is 1. The lowest BCUT2D eigenvalue weighted by Crippen LogP contribution is -2.48. The van der Waals surface area contributed by atoms with Crippen LogP contribution in [0.5, 0.6) is 11.5 Å². The molecule has 0 unspecified atom stereocenters. The third-order valence-corrected chi connectivity index (χ3v) is 5.41. The molecule has 0 atom stereocenters. The van der Waals surface area contributed by atoms with E-state index in [1.165, 1.54) is 18.2 Å². The highest BCUT2D eigenvalue weighted by atomic mass is 35.5. The van der Waals surface area contributed by atoms with Gasteiger partial charge < -0.3 is 14.7 Å². The van der Waals surface area contributed by atoms with Gasteiger partial charge in [-0.2, -0.15) is 0 Å². The van der Waals surface area contributed by atoms with Gasteiger partial charge in [0.1, 0.15) is 6.54 Å². The Labute approximate surface area is 179 Å². The molecule has 29 heavy (non-hydrogen) atoms. The van der Waals surface area contributed by atoms with Crippen molar-refractivity contribution in [2.75, 3.05) is 13.2 Å². The summed E-state index contributed by atoms with van der Waals surface area (Å²) in [5.74, 6) is -0.829. The number of phenolic OH excluding ortho intramolecular Hbond substituents is 1. The molecule has 1 aromatic carbocycles. The third kappa shape index (κ3) is 5.25. The molecule has 0 bridgehead atoms. The number of benzene rings is 1. The van der Waals surface area contributed by atoms with Crippen LogP contribution in [0.15, 0.2) is 17.0 Å². The van der Waals surface area contributed by atoms with Crippen molar-refractivity contribution in [1.29, 1.82) is 0 Å². The van der Waals surface area contributed by atoms with Crippen LogP contribution < -0.4 is 4.74 Å². The molecule has 1 aliphatic rings. The molecule has 1 heterocycles. The average Bonchev–Trinajstić information content (AvgIpc) is 2.86. The zero-order valence-electron chi connectivity index (χ0n) is 17.1. The summed E-state index contributed by atoms with van der Waals surface area (Å²) < 4.78 is 5.33. The number of carbonyl (C=O) groups is 3. The highest BCUT2D eigenvalue weighted by Gasteiger charge is 2.37. The number of halogens is 1. The Kier molecular flexibility index (Phi) is 7.60. The van der Waals surface area contributed by atoms with Crippen LogP contribution in [0.2, 0.25) is 5.02 Å². The molecule has 9 heteroatoms. The summed E-state index contributed by atoms with van der Waals surface area (Å²) in [4.78, 5) is 40.4. The molecule has 1 aromatic rings. The first-order valence-electron chi connectivity index (χ1n) is 9.28. The first-order valence-corrected chi connectivity index (χ1v) is 10.5. The van der Waals surface area contributed by atoms with E-state index in [4.69, 9.17) is 16.3 Å². The lowest BCUT2D eigenvalue weighted by molar-refractivity contribution is -0.138. The predicted octanol–water partition coefficient (Wildman–Crippen LogP) is 4.13. The molecule has 1 N–H and O–H groups in total. The Hall–Kier alpha value is -2.19. The summed E-state index contributed by atoms with van der Waals surface area (Å²) >= 11 is 6.78. The van der Waals surface area contributed by atoms with Gasteiger partial charge in [-0.05, 0) is 70.2 Å². The van der Waals surface area contributed by atoms with Crippen molar-refractivity contribution in [3.05, 3.63) is 27.6 Å². The number of amides is 3. The van der Waals surface area contributed by atoms with Gasteiger partial charge in [0.2, 0.25) is 5.91 Å². The SMILES string of the molecule is CCOc1cc(/C=C2\SC(=O)N(CC(=O)N(C(C)C)C(C)C)C2=O)cc(Cl)c1O. The molecule has 0 aliphatic carbocycles. The Bertz CT molecular complexity index is 846. The van der Waals surface area contributed by atoms with Crippen molar-refractivity contribution >= 4 is 46.5 Å².